The van der Waals surface area contributed by atoms with Gasteiger partial charge in [0.25, 0.3) is 0 Å². The number of aliphatic hydroxyl groups excluding tert-OH is 1. The van der Waals surface area contributed by atoms with Crippen LogP contribution in [0.15, 0.2) is 0 Å². The average Bonchev–Trinajstić information content (AvgIpc) is 2.18. The maximum atomic E-state index is 9.33. The third kappa shape index (κ3) is 3.31. The van der Waals surface area contributed by atoms with Crippen LogP contribution in [0.1, 0.15) is 54.9 Å². The first-order valence-electron chi connectivity index (χ1n) is 6.61. The SMILES string of the molecule is CC[C@@H](CO)O[Si](C(C)C)(C(C)C)C(C)C. The summed E-state index contributed by atoms with van der Waals surface area (Å²) in [5, 5.41) is 9.33. The van der Waals surface area contributed by atoms with Crippen LogP contribution < -0.4 is 0 Å². The van der Waals surface area contributed by atoms with Crippen LogP contribution in [0.2, 0.25) is 16.6 Å². The first kappa shape index (κ1) is 16.1. The van der Waals surface area contributed by atoms with Crippen molar-refractivity contribution in [3.05, 3.63) is 0 Å². The second-order valence-electron chi connectivity index (χ2n) is 5.65. The van der Waals surface area contributed by atoms with Crippen molar-refractivity contribution in [1.82, 2.24) is 0 Å². The van der Waals surface area contributed by atoms with Gasteiger partial charge in [-0.25, -0.2) is 0 Å². The lowest BCUT2D eigenvalue weighted by atomic mass is 10.3. The minimum atomic E-state index is -1.79. The zero-order valence-electron chi connectivity index (χ0n) is 12.1. The van der Waals surface area contributed by atoms with E-state index in [1.54, 1.807) is 0 Å². The molecule has 0 aromatic rings. The zero-order chi connectivity index (χ0) is 12.9. The van der Waals surface area contributed by atoms with Crippen LogP contribution in [0, 0.1) is 0 Å². The highest BCUT2D eigenvalue weighted by molar-refractivity contribution is 6.77. The molecule has 0 radical (unpaired) electrons. The molecule has 0 fully saturated rings. The summed E-state index contributed by atoms with van der Waals surface area (Å²) in [6, 6.07) is 0. The van der Waals surface area contributed by atoms with Crippen LogP contribution >= 0.6 is 0 Å². The van der Waals surface area contributed by atoms with E-state index in [0.717, 1.165) is 6.42 Å². The number of hydrogen-bond acceptors (Lipinski definition) is 2. The van der Waals surface area contributed by atoms with Crippen LogP contribution in [-0.4, -0.2) is 26.1 Å². The zero-order valence-corrected chi connectivity index (χ0v) is 13.1. The molecule has 16 heavy (non-hydrogen) atoms. The molecule has 0 saturated heterocycles. The predicted molar refractivity (Wildman–Crippen MR) is 73.3 cm³/mol. The van der Waals surface area contributed by atoms with Gasteiger partial charge >= 0.3 is 0 Å². The molecule has 0 amide bonds. The van der Waals surface area contributed by atoms with Gasteiger partial charge in [-0.3, -0.25) is 0 Å². The monoisotopic (exact) mass is 246 g/mol. The summed E-state index contributed by atoms with van der Waals surface area (Å²) in [6.07, 6.45) is 0.927. The molecule has 0 aliphatic carbocycles. The van der Waals surface area contributed by atoms with E-state index in [1.807, 2.05) is 0 Å². The van der Waals surface area contributed by atoms with Crippen molar-refractivity contribution >= 4 is 8.32 Å². The molecule has 1 N–H and O–H groups in total. The number of aliphatic hydroxyl groups is 1. The van der Waals surface area contributed by atoms with Crippen LogP contribution in [0.3, 0.4) is 0 Å². The van der Waals surface area contributed by atoms with Crippen LogP contribution in [0.4, 0.5) is 0 Å². The van der Waals surface area contributed by atoms with E-state index in [4.69, 9.17) is 4.43 Å². The molecule has 0 aliphatic heterocycles. The smallest absolute Gasteiger partial charge is 0.200 e. The summed E-state index contributed by atoms with van der Waals surface area (Å²) in [5.41, 5.74) is 1.77. The first-order valence-corrected chi connectivity index (χ1v) is 8.75. The molecule has 98 valence electrons. The molecule has 0 aromatic carbocycles. The Balaban J connectivity index is 5.04. The van der Waals surface area contributed by atoms with Gasteiger partial charge in [0.15, 0.2) is 0 Å². The summed E-state index contributed by atoms with van der Waals surface area (Å²) in [5.74, 6) is 0. The highest BCUT2D eigenvalue weighted by Gasteiger charge is 2.46. The molecule has 0 aromatic heterocycles. The molecule has 0 saturated carbocycles. The van der Waals surface area contributed by atoms with Crippen molar-refractivity contribution in [2.45, 2.75) is 77.6 Å². The minimum Gasteiger partial charge on any atom is -0.411 e. The van der Waals surface area contributed by atoms with E-state index in [2.05, 4.69) is 48.5 Å². The molecule has 0 rings (SSSR count). The Kier molecular flexibility index (Phi) is 6.83. The fourth-order valence-corrected chi connectivity index (χ4v) is 8.58. The van der Waals surface area contributed by atoms with Crippen molar-refractivity contribution in [3.8, 4) is 0 Å². The fourth-order valence-electron chi connectivity index (χ4n) is 2.95. The molecule has 0 heterocycles. The maximum Gasteiger partial charge on any atom is 0.200 e. The lowest BCUT2D eigenvalue weighted by Crippen LogP contribution is -2.50. The largest absolute Gasteiger partial charge is 0.411 e. The highest BCUT2D eigenvalue weighted by atomic mass is 28.4. The molecule has 2 nitrogen and oxygen atoms in total. The van der Waals surface area contributed by atoms with Crippen molar-refractivity contribution in [2.75, 3.05) is 6.61 Å². The molecule has 3 heteroatoms. The second kappa shape index (κ2) is 6.77. The highest BCUT2D eigenvalue weighted by Crippen LogP contribution is 2.43. The van der Waals surface area contributed by atoms with Gasteiger partial charge in [-0.05, 0) is 23.0 Å². The third-order valence-corrected chi connectivity index (χ3v) is 9.89. The second-order valence-corrected chi connectivity index (χ2v) is 11.1. The minimum absolute atomic E-state index is 0.0267. The molecule has 0 spiro atoms. The van der Waals surface area contributed by atoms with Gasteiger partial charge in [-0.2, -0.15) is 0 Å². The van der Waals surface area contributed by atoms with Crippen LogP contribution in [-0.2, 0) is 4.43 Å². The van der Waals surface area contributed by atoms with Gasteiger partial charge in [0, 0.05) is 0 Å². The fraction of sp³-hybridized carbons (Fsp3) is 1.00. The maximum absolute atomic E-state index is 9.33. The van der Waals surface area contributed by atoms with E-state index in [0.29, 0.717) is 16.6 Å². The normalized spacial score (nSPS) is 15.2. The van der Waals surface area contributed by atoms with E-state index < -0.39 is 8.32 Å². The van der Waals surface area contributed by atoms with Crippen molar-refractivity contribution in [1.29, 1.82) is 0 Å². The molecular weight excluding hydrogens is 216 g/mol. The van der Waals surface area contributed by atoms with Crippen molar-refractivity contribution < 1.29 is 9.53 Å². The van der Waals surface area contributed by atoms with Gasteiger partial charge < -0.3 is 9.53 Å². The van der Waals surface area contributed by atoms with Crippen LogP contribution in [0.25, 0.3) is 0 Å². The number of rotatable bonds is 7. The molecule has 1 atom stereocenters. The topological polar surface area (TPSA) is 29.5 Å². The van der Waals surface area contributed by atoms with Crippen molar-refractivity contribution in [3.63, 3.8) is 0 Å². The van der Waals surface area contributed by atoms with Gasteiger partial charge in [0.2, 0.25) is 8.32 Å². The van der Waals surface area contributed by atoms with E-state index >= 15 is 0 Å². The van der Waals surface area contributed by atoms with E-state index in [-0.39, 0.29) is 12.7 Å². The van der Waals surface area contributed by atoms with Crippen LogP contribution in [0.5, 0.6) is 0 Å². The lowest BCUT2D eigenvalue weighted by Gasteiger charge is -2.44. The third-order valence-electron chi connectivity index (χ3n) is 3.74. The summed E-state index contributed by atoms with van der Waals surface area (Å²) < 4.78 is 6.41. The summed E-state index contributed by atoms with van der Waals surface area (Å²) >= 11 is 0. The van der Waals surface area contributed by atoms with Crippen molar-refractivity contribution in [2.24, 2.45) is 0 Å². The quantitative estimate of drug-likeness (QED) is 0.689. The molecule has 0 unspecified atom stereocenters. The first-order chi connectivity index (χ1) is 7.32. The Morgan fingerprint density at radius 1 is 0.938 bits per heavy atom. The Bertz CT molecular complexity index is 165. The van der Waals surface area contributed by atoms with Gasteiger partial charge in [-0.15, -0.1) is 0 Å². The Hall–Kier alpha value is 0.137. The number of hydrogen-bond donors (Lipinski definition) is 1. The van der Waals surface area contributed by atoms with Gasteiger partial charge in [0.1, 0.15) is 0 Å². The lowest BCUT2D eigenvalue weighted by molar-refractivity contribution is 0.0958. The summed E-state index contributed by atoms with van der Waals surface area (Å²) in [6.45, 7) is 15.9. The van der Waals surface area contributed by atoms with Gasteiger partial charge in [0.05, 0.1) is 12.7 Å². The standard InChI is InChI=1S/C13H30O2Si/c1-8-13(9-14)15-16(10(2)3,11(4)5)12(6)7/h10-14H,8-9H2,1-7H3/t13-/m0/s1. The Morgan fingerprint density at radius 3 is 1.50 bits per heavy atom. The predicted octanol–water partition coefficient (Wildman–Crippen LogP) is 3.95. The van der Waals surface area contributed by atoms with E-state index in [9.17, 15) is 5.11 Å². The molecular formula is C13H30O2Si. The average molecular weight is 246 g/mol. The molecule has 0 aliphatic rings. The summed E-state index contributed by atoms with van der Waals surface area (Å²) in [4.78, 5) is 0. The summed E-state index contributed by atoms with van der Waals surface area (Å²) in [7, 11) is -1.79. The molecule has 0 bridgehead atoms. The Labute approximate surface area is 103 Å². The van der Waals surface area contributed by atoms with Gasteiger partial charge in [-0.1, -0.05) is 48.5 Å². The Morgan fingerprint density at radius 2 is 1.31 bits per heavy atom. The van der Waals surface area contributed by atoms with E-state index in [1.165, 1.54) is 0 Å².